The van der Waals surface area contributed by atoms with Crippen LogP contribution in [-0.4, -0.2) is 5.91 Å². The van der Waals surface area contributed by atoms with Crippen LogP contribution in [0.1, 0.15) is 24.5 Å². The first-order chi connectivity index (χ1) is 7.15. The van der Waals surface area contributed by atoms with Crippen LogP contribution < -0.4 is 0 Å². The Kier molecular flexibility index (Phi) is 2.39. The van der Waals surface area contributed by atoms with Crippen molar-refractivity contribution in [2.45, 2.75) is 26.2 Å². The van der Waals surface area contributed by atoms with Gasteiger partial charge in [-0.3, -0.25) is 4.79 Å². The summed E-state index contributed by atoms with van der Waals surface area (Å²) in [7, 11) is 0. The molecule has 0 saturated heterocycles. The molecule has 0 saturated carbocycles. The monoisotopic (exact) mass is 203 g/mol. The summed E-state index contributed by atoms with van der Waals surface area (Å²) in [6.45, 7) is 1.83. The first-order valence-electron chi connectivity index (χ1n) is 5.10. The molecular weight excluding hydrogens is 190 g/mol. The first-order valence-corrected chi connectivity index (χ1v) is 5.10. The molecular formula is C12H13NO2. The van der Waals surface area contributed by atoms with Crippen molar-refractivity contribution in [3.8, 4) is 0 Å². The lowest BCUT2D eigenvalue weighted by molar-refractivity contribution is -0.127. The normalized spacial score (nSPS) is 24.3. The maximum absolute atomic E-state index is 11.4. The van der Waals surface area contributed by atoms with Gasteiger partial charge in [0.25, 0.3) is 5.91 Å². The highest BCUT2D eigenvalue weighted by molar-refractivity contribution is 5.83. The van der Waals surface area contributed by atoms with Crippen molar-refractivity contribution in [1.29, 1.82) is 0 Å². The van der Waals surface area contributed by atoms with E-state index in [4.69, 9.17) is 0 Å². The van der Waals surface area contributed by atoms with E-state index in [0.717, 1.165) is 6.42 Å². The number of nitroso groups, excluding NO2 is 1. The van der Waals surface area contributed by atoms with Crippen LogP contribution in [0.25, 0.3) is 0 Å². The molecule has 0 spiro atoms. The Balaban J connectivity index is 2.32. The first kappa shape index (κ1) is 10.0. The summed E-state index contributed by atoms with van der Waals surface area (Å²) >= 11 is 0. The molecule has 0 aliphatic heterocycles. The Morgan fingerprint density at radius 2 is 2.00 bits per heavy atom. The van der Waals surface area contributed by atoms with E-state index in [1.807, 2.05) is 25.1 Å². The lowest BCUT2D eigenvalue weighted by Crippen LogP contribution is -2.32. The molecule has 1 aliphatic carbocycles. The van der Waals surface area contributed by atoms with Gasteiger partial charge in [0.05, 0.1) is 5.41 Å². The van der Waals surface area contributed by atoms with Gasteiger partial charge in [0.2, 0.25) is 0 Å². The minimum atomic E-state index is -0.587. The van der Waals surface area contributed by atoms with Gasteiger partial charge in [-0.1, -0.05) is 31.2 Å². The summed E-state index contributed by atoms with van der Waals surface area (Å²) in [5.41, 5.74) is 1.87. The van der Waals surface area contributed by atoms with Crippen molar-refractivity contribution in [3.05, 3.63) is 40.3 Å². The van der Waals surface area contributed by atoms with Crippen LogP contribution in [0.2, 0.25) is 0 Å². The number of hydrogen-bond donors (Lipinski definition) is 0. The molecule has 3 heteroatoms. The fraction of sp³-hybridized carbons (Fsp3) is 0.417. The molecule has 78 valence electrons. The maximum atomic E-state index is 11.4. The minimum absolute atomic E-state index is 0.517. The number of amides is 1. The highest BCUT2D eigenvalue weighted by Crippen LogP contribution is 2.36. The zero-order chi connectivity index (χ0) is 10.9. The van der Waals surface area contributed by atoms with E-state index >= 15 is 0 Å². The molecule has 15 heavy (non-hydrogen) atoms. The van der Waals surface area contributed by atoms with Gasteiger partial charge in [-0.2, -0.15) is 0 Å². The second-order valence-electron chi connectivity index (χ2n) is 4.40. The van der Waals surface area contributed by atoms with Gasteiger partial charge in [-0.05, 0) is 30.4 Å². The highest BCUT2D eigenvalue weighted by atomic mass is 16.3. The van der Waals surface area contributed by atoms with E-state index in [1.165, 1.54) is 11.1 Å². The average molecular weight is 203 g/mol. The Bertz CT molecular complexity index is 414. The molecule has 0 N–H and O–H groups in total. The van der Waals surface area contributed by atoms with Crippen LogP contribution in [-0.2, 0) is 17.6 Å². The third-order valence-electron chi connectivity index (χ3n) is 3.24. The number of nitrogens with zero attached hydrogens (tertiary/aromatic N) is 1. The Hall–Kier alpha value is -1.51. The topological polar surface area (TPSA) is 46.5 Å². The zero-order valence-electron chi connectivity index (χ0n) is 8.69. The average Bonchev–Trinajstić information content (AvgIpc) is 2.27. The molecule has 1 aliphatic rings. The smallest absolute Gasteiger partial charge is 0.268 e. The van der Waals surface area contributed by atoms with E-state index in [-0.39, 0.29) is 0 Å². The van der Waals surface area contributed by atoms with Gasteiger partial charge in [-0.25, -0.2) is 0 Å². The molecule has 3 nitrogen and oxygen atoms in total. The Labute approximate surface area is 88.5 Å². The third kappa shape index (κ3) is 1.69. The second-order valence-corrected chi connectivity index (χ2v) is 4.40. The fourth-order valence-corrected chi connectivity index (χ4v) is 2.19. The molecule has 2 rings (SSSR count). The molecule has 0 aromatic heterocycles. The van der Waals surface area contributed by atoms with E-state index in [1.54, 1.807) is 0 Å². The van der Waals surface area contributed by atoms with Gasteiger partial charge >= 0.3 is 0 Å². The van der Waals surface area contributed by atoms with Gasteiger partial charge in [0.15, 0.2) is 0 Å². The predicted octanol–water partition coefficient (Wildman–Crippen LogP) is 2.47. The predicted molar refractivity (Wildman–Crippen MR) is 57.4 cm³/mol. The summed E-state index contributed by atoms with van der Waals surface area (Å²) in [5.74, 6) is -0.517. The van der Waals surface area contributed by atoms with E-state index in [9.17, 15) is 9.70 Å². The quantitative estimate of drug-likeness (QED) is 0.658. The fourth-order valence-electron chi connectivity index (χ4n) is 2.19. The molecule has 1 amide bonds. The minimum Gasteiger partial charge on any atom is -0.268 e. The highest BCUT2D eigenvalue weighted by Gasteiger charge is 2.37. The van der Waals surface area contributed by atoms with Crippen molar-refractivity contribution in [2.75, 3.05) is 0 Å². The number of carbonyl (C=O) groups is 1. The van der Waals surface area contributed by atoms with E-state index in [2.05, 4.69) is 11.2 Å². The summed E-state index contributed by atoms with van der Waals surface area (Å²) in [4.78, 5) is 21.7. The van der Waals surface area contributed by atoms with Gasteiger partial charge in [-0.15, -0.1) is 4.91 Å². The summed E-state index contributed by atoms with van der Waals surface area (Å²) in [5, 5.41) is 2.57. The SMILES string of the molecule is CC1(C(=O)N=O)CCc2ccccc2C1. The number of fused-ring (bicyclic) bond motifs is 1. The largest absolute Gasteiger partial charge is 0.292 e. The number of carbonyl (C=O) groups excluding carboxylic acids is 1. The van der Waals surface area contributed by atoms with Crippen molar-refractivity contribution in [3.63, 3.8) is 0 Å². The van der Waals surface area contributed by atoms with Crippen molar-refractivity contribution in [1.82, 2.24) is 0 Å². The van der Waals surface area contributed by atoms with Crippen LogP contribution >= 0.6 is 0 Å². The standard InChI is InChI=1S/C12H13NO2/c1-12(11(14)13-15)7-6-9-4-2-3-5-10(9)8-12/h2-5H,6-8H2,1H3. The maximum Gasteiger partial charge on any atom is 0.292 e. The summed E-state index contributed by atoms with van der Waals surface area (Å²) < 4.78 is 0. The molecule has 0 fully saturated rings. The number of aryl methyl sites for hydroxylation is 1. The lowest BCUT2D eigenvalue weighted by Gasteiger charge is -2.30. The van der Waals surface area contributed by atoms with Crippen LogP contribution in [0.3, 0.4) is 0 Å². The molecule has 1 atom stereocenters. The molecule has 1 aromatic rings. The van der Waals surface area contributed by atoms with E-state index in [0.29, 0.717) is 12.8 Å². The second kappa shape index (κ2) is 3.57. The van der Waals surface area contributed by atoms with Crippen LogP contribution in [0, 0.1) is 10.3 Å². The molecule has 0 bridgehead atoms. The van der Waals surface area contributed by atoms with Crippen LogP contribution in [0.4, 0.5) is 0 Å². The van der Waals surface area contributed by atoms with Crippen LogP contribution in [0.5, 0.6) is 0 Å². The summed E-state index contributed by atoms with van der Waals surface area (Å²) in [6, 6.07) is 8.06. The third-order valence-corrected chi connectivity index (χ3v) is 3.24. The Morgan fingerprint density at radius 1 is 1.33 bits per heavy atom. The lowest BCUT2D eigenvalue weighted by atomic mass is 9.72. The molecule has 1 unspecified atom stereocenters. The zero-order valence-corrected chi connectivity index (χ0v) is 8.69. The van der Waals surface area contributed by atoms with E-state index < -0.39 is 11.3 Å². The molecule has 1 aromatic carbocycles. The summed E-state index contributed by atoms with van der Waals surface area (Å²) in [6.07, 6.45) is 2.20. The Morgan fingerprint density at radius 3 is 2.67 bits per heavy atom. The van der Waals surface area contributed by atoms with Crippen molar-refractivity contribution >= 4 is 5.91 Å². The number of hydrogen-bond acceptors (Lipinski definition) is 2. The molecule has 0 heterocycles. The number of rotatable bonds is 1. The van der Waals surface area contributed by atoms with Crippen molar-refractivity contribution in [2.24, 2.45) is 10.6 Å². The van der Waals surface area contributed by atoms with Gasteiger partial charge in [0.1, 0.15) is 0 Å². The van der Waals surface area contributed by atoms with Gasteiger partial charge in [0, 0.05) is 5.18 Å². The number of benzene rings is 1. The van der Waals surface area contributed by atoms with Crippen LogP contribution in [0.15, 0.2) is 29.4 Å². The molecule has 0 radical (unpaired) electrons. The van der Waals surface area contributed by atoms with Crippen molar-refractivity contribution < 1.29 is 4.79 Å². The van der Waals surface area contributed by atoms with Gasteiger partial charge < -0.3 is 0 Å².